The monoisotopic (exact) mass is 193 g/mol. The van der Waals surface area contributed by atoms with Crippen molar-refractivity contribution in [3.05, 3.63) is 24.3 Å². The fraction of sp³-hybridized carbons (Fsp3) is 0.600. The van der Waals surface area contributed by atoms with Crippen LogP contribution in [0.4, 0.5) is 0 Å². The van der Waals surface area contributed by atoms with Crippen molar-refractivity contribution in [3.63, 3.8) is 0 Å². The Morgan fingerprint density at radius 3 is 3.00 bits per heavy atom. The first-order valence-electron chi connectivity index (χ1n) is 5.03. The van der Waals surface area contributed by atoms with Crippen LogP contribution in [0.15, 0.2) is 18.5 Å². The van der Waals surface area contributed by atoms with Crippen LogP contribution >= 0.6 is 0 Å². The molecule has 0 radical (unpaired) electrons. The molecule has 1 unspecified atom stereocenters. The Morgan fingerprint density at radius 2 is 2.29 bits per heavy atom. The zero-order chi connectivity index (χ0) is 9.64. The minimum absolute atomic E-state index is 0.388. The predicted octanol–water partition coefficient (Wildman–Crippen LogP) is 0.745. The van der Waals surface area contributed by atoms with Gasteiger partial charge in [-0.2, -0.15) is 0 Å². The van der Waals surface area contributed by atoms with Gasteiger partial charge in [-0.05, 0) is 18.9 Å². The summed E-state index contributed by atoms with van der Waals surface area (Å²) in [5.74, 6) is 0.838. The molecule has 4 nitrogen and oxygen atoms in total. The lowest BCUT2D eigenvalue weighted by molar-refractivity contribution is 0.110. The Hall–Kier alpha value is -1.00. The maximum atomic E-state index is 5.49. The van der Waals surface area contributed by atoms with Gasteiger partial charge in [0.2, 0.25) is 0 Å². The molecule has 2 rings (SSSR count). The molecular formula is C10H15N3O. The molecule has 14 heavy (non-hydrogen) atoms. The highest BCUT2D eigenvalue weighted by molar-refractivity contribution is 4.87. The largest absolute Gasteiger partial charge is 0.377 e. The van der Waals surface area contributed by atoms with Gasteiger partial charge < -0.3 is 10.1 Å². The van der Waals surface area contributed by atoms with Gasteiger partial charge in [0.05, 0.1) is 12.6 Å². The van der Waals surface area contributed by atoms with Crippen LogP contribution in [0.3, 0.4) is 0 Å². The summed E-state index contributed by atoms with van der Waals surface area (Å²) in [6.07, 6.45) is 6.27. The maximum Gasteiger partial charge on any atom is 0.141 e. The number of hydrogen-bond acceptors (Lipinski definition) is 4. The molecule has 0 aromatic carbocycles. The molecule has 0 spiro atoms. The second kappa shape index (κ2) is 5.02. The first-order chi connectivity index (χ1) is 6.95. The molecule has 4 heteroatoms. The fourth-order valence-electron chi connectivity index (χ4n) is 1.57. The molecule has 2 heterocycles. The molecule has 0 saturated carbocycles. The Balaban J connectivity index is 1.67. The van der Waals surface area contributed by atoms with Crippen molar-refractivity contribution in [2.45, 2.75) is 25.5 Å². The van der Waals surface area contributed by atoms with E-state index in [0.29, 0.717) is 6.10 Å². The van der Waals surface area contributed by atoms with Crippen LogP contribution in [0, 0.1) is 0 Å². The summed E-state index contributed by atoms with van der Waals surface area (Å²) in [6, 6.07) is 1.82. The second-order valence-corrected chi connectivity index (χ2v) is 3.43. The van der Waals surface area contributed by atoms with E-state index in [2.05, 4.69) is 15.3 Å². The molecular weight excluding hydrogens is 178 g/mol. The molecule has 1 saturated heterocycles. The summed E-state index contributed by atoms with van der Waals surface area (Å²) in [6.45, 7) is 2.53. The number of rotatable bonds is 4. The van der Waals surface area contributed by atoms with Crippen molar-refractivity contribution in [2.75, 3.05) is 13.2 Å². The van der Waals surface area contributed by atoms with E-state index in [9.17, 15) is 0 Å². The summed E-state index contributed by atoms with van der Waals surface area (Å²) in [5, 5.41) is 3.29. The summed E-state index contributed by atoms with van der Waals surface area (Å²) >= 11 is 0. The van der Waals surface area contributed by atoms with Gasteiger partial charge >= 0.3 is 0 Å². The number of nitrogens with one attached hydrogen (secondary N) is 1. The zero-order valence-electron chi connectivity index (χ0n) is 8.15. The van der Waals surface area contributed by atoms with Crippen molar-refractivity contribution in [2.24, 2.45) is 0 Å². The quantitative estimate of drug-likeness (QED) is 0.766. The molecule has 1 aliphatic rings. The molecule has 1 fully saturated rings. The van der Waals surface area contributed by atoms with Crippen LogP contribution < -0.4 is 5.32 Å². The van der Waals surface area contributed by atoms with Gasteiger partial charge in [0.1, 0.15) is 5.82 Å². The van der Waals surface area contributed by atoms with Gasteiger partial charge in [0, 0.05) is 25.5 Å². The summed E-state index contributed by atoms with van der Waals surface area (Å²) in [7, 11) is 0. The number of aromatic nitrogens is 2. The first-order valence-corrected chi connectivity index (χ1v) is 5.03. The Morgan fingerprint density at radius 1 is 1.43 bits per heavy atom. The molecule has 1 N–H and O–H groups in total. The van der Waals surface area contributed by atoms with Crippen LogP contribution in [0.25, 0.3) is 0 Å². The van der Waals surface area contributed by atoms with Crippen LogP contribution in [0.5, 0.6) is 0 Å². The molecule has 0 bridgehead atoms. The number of nitrogens with zero attached hydrogens (tertiary/aromatic N) is 2. The highest BCUT2D eigenvalue weighted by Crippen LogP contribution is 2.10. The lowest BCUT2D eigenvalue weighted by Gasteiger charge is -2.09. The maximum absolute atomic E-state index is 5.49. The fourth-order valence-corrected chi connectivity index (χ4v) is 1.57. The van der Waals surface area contributed by atoms with E-state index in [-0.39, 0.29) is 0 Å². The Bertz CT molecular complexity index is 259. The highest BCUT2D eigenvalue weighted by Gasteiger charge is 2.14. The van der Waals surface area contributed by atoms with E-state index in [1.54, 1.807) is 12.4 Å². The average Bonchev–Trinajstić information content (AvgIpc) is 2.72. The van der Waals surface area contributed by atoms with Crippen molar-refractivity contribution in [1.29, 1.82) is 0 Å². The average molecular weight is 193 g/mol. The van der Waals surface area contributed by atoms with E-state index in [4.69, 9.17) is 4.74 Å². The molecule has 76 valence electrons. The zero-order valence-corrected chi connectivity index (χ0v) is 8.15. The molecule has 1 aromatic heterocycles. The van der Waals surface area contributed by atoms with E-state index in [1.165, 1.54) is 12.8 Å². The van der Waals surface area contributed by atoms with Crippen LogP contribution in [-0.4, -0.2) is 29.2 Å². The smallest absolute Gasteiger partial charge is 0.141 e. The Kier molecular flexibility index (Phi) is 3.43. The van der Waals surface area contributed by atoms with Crippen LogP contribution in [0.1, 0.15) is 18.7 Å². The van der Waals surface area contributed by atoms with Crippen molar-refractivity contribution in [1.82, 2.24) is 15.3 Å². The SMILES string of the molecule is c1cnc(CNCC2CCCO2)nc1. The standard InChI is InChI=1S/C10H15N3O/c1-3-9(14-6-1)7-11-8-10-12-4-2-5-13-10/h2,4-5,9,11H,1,3,6-8H2. The van der Waals surface area contributed by atoms with Gasteiger partial charge in [-0.3, -0.25) is 0 Å². The van der Waals surface area contributed by atoms with E-state index in [0.717, 1.165) is 25.5 Å². The van der Waals surface area contributed by atoms with Crippen molar-refractivity contribution < 1.29 is 4.74 Å². The second-order valence-electron chi connectivity index (χ2n) is 3.43. The van der Waals surface area contributed by atoms with E-state index < -0.39 is 0 Å². The highest BCUT2D eigenvalue weighted by atomic mass is 16.5. The normalized spacial score (nSPS) is 21.3. The van der Waals surface area contributed by atoms with E-state index >= 15 is 0 Å². The lowest BCUT2D eigenvalue weighted by Crippen LogP contribution is -2.26. The first kappa shape index (κ1) is 9.55. The minimum Gasteiger partial charge on any atom is -0.377 e. The number of ether oxygens (including phenoxy) is 1. The molecule has 1 atom stereocenters. The van der Waals surface area contributed by atoms with Gasteiger partial charge in [0.25, 0.3) is 0 Å². The van der Waals surface area contributed by atoms with Crippen molar-refractivity contribution in [3.8, 4) is 0 Å². The molecule has 1 aliphatic heterocycles. The van der Waals surface area contributed by atoms with Gasteiger partial charge in [0.15, 0.2) is 0 Å². The third kappa shape index (κ3) is 2.75. The van der Waals surface area contributed by atoms with Gasteiger partial charge in [-0.25, -0.2) is 9.97 Å². The van der Waals surface area contributed by atoms with Gasteiger partial charge in [-0.15, -0.1) is 0 Å². The van der Waals surface area contributed by atoms with Gasteiger partial charge in [-0.1, -0.05) is 0 Å². The summed E-state index contributed by atoms with van der Waals surface area (Å²) in [5.41, 5.74) is 0. The van der Waals surface area contributed by atoms with Crippen LogP contribution in [-0.2, 0) is 11.3 Å². The summed E-state index contributed by atoms with van der Waals surface area (Å²) < 4.78 is 5.49. The predicted molar refractivity (Wildman–Crippen MR) is 52.7 cm³/mol. The summed E-state index contributed by atoms with van der Waals surface area (Å²) in [4.78, 5) is 8.26. The Labute approximate surface area is 83.7 Å². The third-order valence-corrected chi connectivity index (χ3v) is 2.30. The topological polar surface area (TPSA) is 47.0 Å². The lowest BCUT2D eigenvalue weighted by atomic mass is 10.2. The van der Waals surface area contributed by atoms with Crippen LogP contribution in [0.2, 0.25) is 0 Å². The molecule has 0 amide bonds. The van der Waals surface area contributed by atoms with Crippen molar-refractivity contribution >= 4 is 0 Å². The molecule has 1 aromatic rings. The minimum atomic E-state index is 0.388. The third-order valence-electron chi connectivity index (χ3n) is 2.30. The number of hydrogen-bond donors (Lipinski definition) is 1. The molecule has 0 aliphatic carbocycles. The van der Waals surface area contributed by atoms with E-state index in [1.807, 2.05) is 6.07 Å².